The first kappa shape index (κ1) is 26.8. The number of morpholine rings is 1. The van der Waals surface area contributed by atoms with Crippen LogP contribution in [-0.4, -0.2) is 59.3 Å². The number of ketones is 1. The normalized spacial score (nSPS) is 19.6. The second kappa shape index (κ2) is 10.7. The summed E-state index contributed by atoms with van der Waals surface area (Å²) < 4.78 is 62.3. The number of carbonyl (C=O) groups excluding carboxylic acids is 2. The number of alkyl halides is 3. The van der Waals surface area contributed by atoms with Crippen molar-refractivity contribution in [2.45, 2.75) is 44.3 Å². The van der Waals surface area contributed by atoms with Gasteiger partial charge in [-0.2, -0.15) is 0 Å². The van der Waals surface area contributed by atoms with Gasteiger partial charge in [-0.15, -0.1) is 13.2 Å². The van der Waals surface area contributed by atoms with Crippen molar-refractivity contribution in [3.8, 4) is 17.0 Å². The minimum absolute atomic E-state index is 0.0566. The minimum atomic E-state index is -4.97. The van der Waals surface area contributed by atoms with Gasteiger partial charge in [0, 0.05) is 36.3 Å². The number of ether oxygens (including phenoxy) is 2. The van der Waals surface area contributed by atoms with E-state index in [0.29, 0.717) is 30.0 Å². The highest BCUT2D eigenvalue weighted by molar-refractivity contribution is 5.98. The molecule has 1 amide bonds. The molecule has 11 heteroatoms. The van der Waals surface area contributed by atoms with Crippen LogP contribution in [0.15, 0.2) is 60.8 Å². The van der Waals surface area contributed by atoms with Gasteiger partial charge >= 0.3 is 6.36 Å². The Balaban J connectivity index is 1.31. The lowest BCUT2D eigenvalue weighted by molar-refractivity contribution is -0.274. The molecular weight excluding hydrogens is 518 g/mol. The van der Waals surface area contributed by atoms with Crippen LogP contribution in [0, 0.1) is 5.82 Å². The third-order valence-electron chi connectivity index (χ3n) is 6.92. The predicted molar refractivity (Wildman–Crippen MR) is 134 cm³/mol. The van der Waals surface area contributed by atoms with E-state index in [1.165, 1.54) is 30.5 Å². The average Bonchev–Trinajstić information content (AvgIpc) is 3.53. The molecule has 1 N–H and O–H groups in total. The van der Waals surface area contributed by atoms with Crippen molar-refractivity contribution >= 4 is 17.4 Å². The minimum Gasteiger partial charge on any atom is -0.404 e. The summed E-state index contributed by atoms with van der Waals surface area (Å²) in [5, 5.41) is 2.55. The molecule has 2 aliphatic rings. The van der Waals surface area contributed by atoms with Crippen molar-refractivity contribution < 1.29 is 36.6 Å². The number of likely N-dealkylation sites (tertiary alicyclic amines) is 1. The summed E-state index contributed by atoms with van der Waals surface area (Å²) in [4.78, 5) is 32.1. The van der Waals surface area contributed by atoms with E-state index in [4.69, 9.17) is 4.74 Å². The number of hydrogen-bond acceptors (Lipinski definition) is 6. The summed E-state index contributed by atoms with van der Waals surface area (Å²) in [5.41, 5.74) is 1.50. The lowest BCUT2D eigenvalue weighted by Gasteiger charge is -2.31. The van der Waals surface area contributed by atoms with E-state index >= 15 is 0 Å². The molecule has 1 unspecified atom stereocenters. The Hall–Kier alpha value is -3.83. The molecule has 39 heavy (non-hydrogen) atoms. The second-order valence-corrected chi connectivity index (χ2v) is 9.63. The molecule has 3 atom stereocenters. The fourth-order valence-electron chi connectivity index (χ4n) is 4.95. The molecule has 7 nitrogen and oxygen atoms in total. The summed E-state index contributed by atoms with van der Waals surface area (Å²) in [7, 11) is 0. The van der Waals surface area contributed by atoms with Crippen molar-refractivity contribution in [1.82, 2.24) is 9.88 Å². The van der Waals surface area contributed by atoms with Gasteiger partial charge in [-0.1, -0.05) is 18.2 Å². The standard InChI is InChI=1S/C28H25F4N3O4/c1-16(35-14-22-12-21(35)15-38-22)27(37)34-24-9-17(5-8-26(24)39-28(30,31)32)10-25(36)19-6-7-23(33-13-19)18-3-2-4-20(29)11-18/h2-9,11,13,16,21-22H,10,12,14-15H2,1H3,(H,34,37)/t16?,21-,22-/m0/s1. The molecule has 2 saturated heterocycles. The SMILES string of the molecule is CC(C(=O)Nc1cc(CC(=O)c2ccc(-c3cccc(F)c3)nc2)ccc1OC(F)(F)F)N1C[C@@H]2C[C@H]1CO2. The number of aromatic nitrogens is 1. The Labute approximate surface area is 221 Å². The summed E-state index contributed by atoms with van der Waals surface area (Å²) in [6.07, 6.45) is -2.89. The highest BCUT2D eigenvalue weighted by atomic mass is 19.4. The molecule has 0 spiro atoms. The molecule has 1 aromatic heterocycles. The Morgan fingerprint density at radius 3 is 2.64 bits per heavy atom. The van der Waals surface area contributed by atoms with Crippen LogP contribution < -0.4 is 10.1 Å². The van der Waals surface area contributed by atoms with Crippen LogP contribution in [0.3, 0.4) is 0 Å². The van der Waals surface area contributed by atoms with Crippen LogP contribution in [-0.2, 0) is 16.0 Å². The topological polar surface area (TPSA) is 80.8 Å². The van der Waals surface area contributed by atoms with Gasteiger partial charge in [-0.25, -0.2) is 4.39 Å². The van der Waals surface area contributed by atoms with Crippen LogP contribution in [0.2, 0.25) is 0 Å². The molecule has 204 valence electrons. The van der Waals surface area contributed by atoms with Gasteiger partial charge in [-0.05, 0) is 55.3 Å². The average molecular weight is 544 g/mol. The third-order valence-corrected chi connectivity index (χ3v) is 6.92. The van der Waals surface area contributed by atoms with Crippen LogP contribution in [0.5, 0.6) is 5.75 Å². The van der Waals surface area contributed by atoms with E-state index in [9.17, 15) is 27.2 Å². The van der Waals surface area contributed by atoms with Gasteiger partial charge in [0.25, 0.3) is 0 Å². The number of rotatable bonds is 8. The van der Waals surface area contributed by atoms with E-state index in [1.54, 1.807) is 31.2 Å². The number of pyridine rings is 1. The van der Waals surface area contributed by atoms with Crippen molar-refractivity contribution in [2.75, 3.05) is 18.5 Å². The van der Waals surface area contributed by atoms with E-state index in [0.717, 1.165) is 12.5 Å². The van der Waals surface area contributed by atoms with Gasteiger partial charge in [0.05, 0.1) is 30.1 Å². The van der Waals surface area contributed by atoms with Crippen molar-refractivity contribution in [1.29, 1.82) is 0 Å². The first-order chi connectivity index (χ1) is 18.6. The van der Waals surface area contributed by atoms with Gasteiger partial charge in [0.1, 0.15) is 5.82 Å². The maximum atomic E-state index is 13.5. The Morgan fingerprint density at radius 2 is 2.00 bits per heavy atom. The van der Waals surface area contributed by atoms with E-state index in [2.05, 4.69) is 15.0 Å². The first-order valence-corrected chi connectivity index (χ1v) is 12.4. The van der Waals surface area contributed by atoms with Crippen molar-refractivity contribution in [3.63, 3.8) is 0 Å². The van der Waals surface area contributed by atoms with Crippen LogP contribution in [0.4, 0.5) is 23.2 Å². The van der Waals surface area contributed by atoms with Gasteiger partial charge in [0.15, 0.2) is 11.5 Å². The number of halogens is 4. The molecule has 2 aromatic carbocycles. The second-order valence-electron chi connectivity index (χ2n) is 9.63. The predicted octanol–water partition coefficient (Wildman–Crippen LogP) is 5.01. The number of nitrogens with one attached hydrogen (secondary N) is 1. The summed E-state index contributed by atoms with van der Waals surface area (Å²) in [5.74, 6) is -1.82. The number of hydrogen-bond donors (Lipinski definition) is 1. The van der Waals surface area contributed by atoms with Crippen LogP contribution in [0.25, 0.3) is 11.3 Å². The van der Waals surface area contributed by atoms with E-state index < -0.39 is 29.9 Å². The maximum Gasteiger partial charge on any atom is 0.573 e. The number of carbonyl (C=O) groups is 2. The Bertz CT molecular complexity index is 1380. The lowest BCUT2D eigenvalue weighted by atomic mass is 10.0. The quantitative estimate of drug-likeness (QED) is 0.318. The van der Waals surface area contributed by atoms with Crippen LogP contribution >= 0.6 is 0 Å². The summed E-state index contributed by atoms with van der Waals surface area (Å²) in [6, 6.07) is 12.2. The molecule has 5 rings (SSSR count). The Morgan fingerprint density at radius 1 is 1.18 bits per heavy atom. The molecule has 3 aromatic rings. The number of nitrogens with zero attached hydrogens (tertiary/aromatic N) is 2. The number of amides is 1. The molecule has 2 bridgehead atoms. The third kappa shape index (κ3) is 6.26. The first-order valence-electron chi connectivity index (χ1n) is 12.4. The summed E-state index contributed by atoms with van der Waals surface area (Å²) in [6.45, 7) is 2.78. The highest BCUT2D eigenvalue weighted by Gasteiger charge is 2.43. The van der Waals surface area contributed by atoms with Gasteiger partial charge < -0.3 is 14.8 Å². The zero-order valence-electron chi connectivity index (χ0n) is 20.9. The zero-order valence-corrected chi connectivity index (χ0v) is 20.9. The zero-order chi connectivity index (χ0) is 27.7. The number of Topliss-reactive ketones (excluding diaryl/α,β-unsaturated/α-hetero) is 1. The fourth-order valence-corrected chi connectivity index (χ4v) is 4.95. The largest absolute Gasteiger partial charge is 0.573 e. The molecule has 0 radical (unpaired) electrons. The smallest absolute Gasteiger partial charge is 0.404 e. The molecule has 0 saturated carbocycles. The van der Waals surface area contributed by atoms with Crippen LogP contribution in [0.1, 0.15) is 29.3 Å². The van der Waals surface area contributed by atoms with Gasteiger partial charge in [-0.3, -0.25) is 19.5 Å². The lowest BCUT2D eigenvalue weighted by Crippen LogP contribution is -2.48. The molecule has 2 fully saturated rings. The van der Waals surface area contributed by atoms with E-state index in [1.807, 2.05) is 4.90 Å². The van der Waals surface area contributed by atoms with E-state index in [-0.39, 0.29) is 35.6 Å². The molecular formula is C28H25F4N3O4. The molecule has 2 aliphatic heterocycles. The maximum absolute atomic E-state index is 13.5. The highest BCUT2D eigenvalue weighted by Crippen LogP contribution is 2.33. The number of benzene rings is 2. The van der Waals surface area contributed by atoms with Crippen molar-refractivity contribution in [2.24, 2.45) is 0 Å². The fraction of sp³-hybridized carbons (Fsp3) is 0.321. The number of anilines is 1. The van der Waals surface area contributed by atoms with Gasteiger partial charge in [0.2, 0.25) is 5.91 Å². The molecule has 0 aliphatic carbocycles. The monoisotopic (exact) mass is 543 g/mol. The van der Waals surface area contributed by atoms with Crippen molar-refractivity contribution in [3.05, 3.63) is 77.7 Å². The Kier molecular flexibility index (Phi) is 7.37. The molecule has 3 heterocycles. The number of fused-ring (bicyclic) bond motifs is 2. The summed E-state index contributed by atoms with van der Waals surface area (Å²) >= 11 is 0.